The van der Waals surface area contributed by atoms with Gasteiger partial charge in [-0.05, 0) is 32.2 Å². The zero-order chi connectivity index (χ0) is 16.2. The quantitative estimate of drug-likeness (QED) is 0.498. The van der Waals surface area contributed by atoms with E-state index in [1.165, 1.54) is 5.06 Å². The van der Waals surface area contributed by atoms with Crippen LogP contribution in [0.1, 0.15) is 39.0 Å². The minimum atomic E-state index is -0.465. The summed E-state index contributed by atoms with van der Waals surface area (Å²) in [5, 5.41) is 4.66. The van der Waals surface area contributed by atoms with Crippen LogP contribution in [-0.4, -0.2) is 66.3 Å². The van der Waals surface area contributed by atoms with Crippen molar-refractivity contribution in [2.24, 2.45) is 0 Å². The van der Waals surface area contributed by atoms with Crippen LogP contribution >= 0.6 is 0 Å². The minimum absolute atomic E-state index is 0.0588. The third-order valence-electron chi connectivity index (χ3n) is 4.74. The van der Waals surface area contributed by atoms with Gasteiger partial charge in [0.15, 0.2) is 0 Å². The summed E-state index contributed by atoms with van der Waals surface area (Å²) >= 11 is 0. The second kappa shape index (κ2) is 7.46. The number of carbonyl (C=O) groups is 2. The normalized spacial score (nSPS) is 29.6. The summed E-state index contributed by atoms with van der Waals surface area (Å²) in [5.74, 6) is -0.244. The van der Waals surface area contributed by atoms with Crippen molar-refractivity contribution in [3.05, 3.63) is 0 Å². The van der Waals surface area contributed by atoms with Crippen LogP contribution in [0.4, 0.5) is 4.79 Å². The second-order valence-corrected chi connectivity index (χ2v) is 6.41. The van der Waals surface area contributed by atoms with Gasteiger partial charge in [0, 0.05) is 12.6 Å². The number of fused-ring (bicyclic) bond motifs is 2. The average Bonchev–Trinajstić information content (AvgIpc) is 2.74. The van der Waals surface area contributed by atoms with Crippen LogP contribution in [-0.2, 0) is 14.5 Å². The summed E-state index contributed by atoms with van der Waals surface area (Å²) in [7, 11) is 0. The molecule has 8 heteroatoms. The Balaban J connectivity index is 1.48. The minimum Gasteiger partial charge on any atom is -0.311 e. The largest absolute Gasteiger partial charge is 0.345 e. The Morgan fingerprint density at radius 1 is 1.39 bits per heavy atom. The molecule has 0 saturated carbocycles. The van der Waals surface area contributed by atoms with Crippen molar-refractivity contribution in [2.45, 2.75) is 57.2 Å². The molecule has 2 N–H and O–H groups in total. The van der Waals surface area contributed by atoms with Gasteiger partial charge in [-0.25, -0.2) is 10.3 Å². The fourth-order valence-corrected chi connectivity index (χ4v) is 3.15. The van der Waals surface area contributed by atoms with E-state index in [2.05, 4.69) is 17.7 Å². The molecule has 0 spiro atoms. The molecule has 8 nitrogen and oxygen atoms in total. The van der Waals surface area contributed by atoms with Gasteiger partial charge in [0.25, 0.3) is 5.91 Å². The monoisotopic (exact) mass is 326 g/mol. The number of nitrogens with one attached hydrogen (secondary N) is 2. The molecule has 0 aromatic heterocycles. The number of rotatable bonds is 8. The number of amides is 3. The van der Waals surface area contributed by atoms with Crippen molar-refractivity contribution in [3.63, 3.8) is 0 Å². The molecular weight excluding hydrogens is 300 g/mol. The Morgan fingerprint density at radius 2 is 2.22 bits per heavy atom. The van der Waals surface area contributed by atoms with Crippen molar-refractivity contribution in [2.75, 3.05) is 26.3 Å². The molecular formula is C15H26N4O4. The molecule has 0 aromatic carbocycles. The summed E-state index contributed by atoms with van der Waals surface area (Å²) in [6.07, 6.45) is 4.42. The van der Waals surface area contributed by atoms with Gasteiger partial charge in [0.05, 0.1) is 19.3 Å². The van der Waals surface area contributed by atoms with E-state index < -0.39 is 6.04 Å². The van der Waals surface area contributed by atoms with Crippen LogP contribution in [0, 0.1) is 0 Å². The number of hydrogen-bond donors (Lipinski definition) is 2. The van der Waals surface area contributed by atoms with Gasteiger partial charge >= 0.3 is 6.03 Å². The third kappa shape index (κ3) is 3.59. The zero-order valence-electron chi connectivity index (χ0n) is 13.6. The molecule has 23 heavy (non-hydrogen) atoms. The van der Waals surface area contributed by atoms with E-state index >= 15 is 0 Å². The molecule has 0 aromatic rings. The van der Waals surface area contributed by atoms with Crippen LogP contribution in [0.3, 0.4) is 0 Å². The standard InChI is InChI=1S/C15H26N4O4/c1-2-3-8-23-19-12-4-5-13(18(9-12)15(19)21)14(20)17-22-10-11-6-7-16-11/h11-13,16H,2-10H2,1H3,(H,17,20)/t11-,12-,13-/m0/s1. The summed E-state index contributed by atoms with van der Waals surface area (Å²) in [5.41, 5.74) is 2.49. The Hall–Kier alpha value is -1.38. The van der Waals surface area contributed by atoms with Crippen molar-refractivity contribution in [1.82, 2.24) is 20.8 Å². The van der Waals surface area contributed by atoms with Crippen molar-refractivity contribution < 1.29 is 19.3 Å². The maximum absolute atomic E-state index is 12.4. The predicted octanol–water partition coefficient (Wildman–Crippen LogP) is 0.396. The van der Waals surface area contributed by atoms with Crippen molar-refractivity contribution >= 4 is 11.9 Å². The molecule has 3 amide bonds. The molecule has 3 aliphatic rings. The Bertz CT molecular complexity index is 443. The molecule has 3 aliphatic heterocycles. The first kappa shape index (κ1) is 16.5. The highest BCUT2D eigenvalue weighted by molar-refractivity contribution is 5.87. The van der Waals surface area contributed by atoms with E-state index in [0.717, 1.165) is 32.2 Å². The summed E-state index contributed by atoms with van der Waals surface area (Å²) < 4.78 is 0. The van der Waals surface area contributed by atoms with Gasteiger partial charge in [-0.1, -0.05) is 13.3 Å². The van der Waals surface area contributed by atoms with Gasteiger partial charge in [0.2, 0.25) is 0 Å². The van der Waals surface area contributed by atoms with Gasteiger partial charge in [0.1, 0.15) is 6.04 Å². The van der Waals surface area contributed by atoms with Gasteiger partial charge in [-0.3, -0.25) is 14.5 Å². The molecule has 3 heterocycles. The number of urea groups is 1. The lowest BCUT2D eigenvalue weighted by atomic mass is 10.0. The van der Waals surface area contributed by atoms with Gasteiger partial charge in [-0.2, -0.15) is 5.06 Å². The number of carbonyl (C=O) groups excluding carboxylic acids is 2. The predicted molar refractivity (Wildman–Crippen MR) is 82.1 cm³/mol. The van der Waals surface area contributed by atoms with Crippen LogP contribution in [0.5, 0.6) is 0 Å². The number of hydroxylamine groups is 3. The topological polar surface area (TPSA) is 83.1 Å². The Labute approximate surface area is 136 Å². The zero-order valence-corrected chi connectivity index (χ0v) is 13.6. The fraction of sp³-hybridized carbons (Fsp3) is 0.867. The maximum atomic E-state index is 12.4. The van der Waals surface area contributed by atoms with E-state index in [1.54, 1.807) is 4.90 Å². The number of nitrogens with zero attached hydrogens (tertiary/aromatic N) is 2. The number of unbranched alkanes of at least 4 members (excludes halogenated alkanes) is 1. The van der Waals surface area contributed by atoms with E-state index in [0.29, 0.717) is 32.2 Å². The molecule has 0 aliphatic carbocycles. The lowest BCUT2D eigenvalue weighted by Gasteiger charge is -2.30. The van der Waals surface area contributed by atoms with Gasteiger partial charge in [-0.15, -0.1) is 0 Å². The SMILES string of the molecule is CCCCON1C(=O)N2C[C@@H]1CC[C@H]2C(=O)NOC[C@@H]1CCN1. The van der Waals surface area contributed by atoms with E-state index in [-0.39, 0.29) is 18.0 Å². The highest BCUT2D eigenvalue weighted by Gasteiger charge is 2.47. The molecule has 3 rings (SSSR count). The lowest BCUT2D eigenvalue weighted by Crippen LogP contribution is -2.51. The van der Waals surface area contributed by atoms with Crippen molar-refractivity contribution in [3.8, 4) is 0 Å². The summed E-state index contributed by atoms with van der Waals surface area (Å²) in [6.45, 7) is 4.63. The number of piperidine rings is 1. The molecule has 2 bridgehead atoms. The van der Waals surface area contributed by atoms with Crippen molar-refractivity contribution in [1.29, 1.82) is 0 Å². The first-order valence-corrected chi connectivity index (χ1v) is 8.58. The van der Waals surface area contributed by atoms with Crippen LogP contribution in [0.25, 0.3) is 0 Å². The molecule has 3 saturated heterocycles. The van der Waals surface area contributed by atoms with E-state index in [9.17, 15) is 9.59 Å². The summed E-state index contributed by atoms with van der Waals surface area (Å²) in [4.78, 5) is 37.2. The first-order chi connectivity index (χ1) is 11.2. The smallest absolute Gasteiger partial charge is 0.311 e. The van der Waals surface area contributed by atoms with Crippen LogP contribution < -0.4 is 10.8 Å². The molecule has 3 atom stereocenters. The van der Waals surface area contributed by atoms with E-state index in [4.69, 9.17) is 9.68 Å². The Morgan fingerprint density at radius 3 is 2.91 bits per heavy atom. The highest BCUT2D eigenvalue weighted by Crippen LogP contribution is 2.30. The average molecular weight is 326 g/mol. The maximum Gasteiger partial charge on any atom is 0.345 e. The van der Waals surface area contributed by atoms with Crippen LogP contribution in [0.15, 0.2) is 0 Å². The lowest BCUT2D eigenvalue weighted by molar-refractivity contribution is -0.140. The second-order valence-electron chi connectivity index (χ2n) is 6.41. The Kier molecular flexibility index (Phi) is 5.34. The molecule has 3 fully saturated rings. The first-order valence-electron chi connectivity index (χ1n) is 8.58. The highest BCUT2D eigenvalue weighted by atomic mass is 16.7. The van der Waals surface area contributed by atoms with Crippen LogP contribution in [0.2, 0.25) is 0 Å². The molecule has 0 unspecified atom stereocenters. The number of hydrogen-bond acceptors (Lipinski definition) is 5. The fourth-order valence-electron chi connectivity index (χ4n) is 3.15. The van der Waals surface area contributed by atoms with E-state index in [1.807, 2.05) is 0 Å². The summed E-state index contributed by atoms with van der Waals surface area (Å²) in [6, 6.07) is -0.289. The molecule has 0 radical (unpaired) electrons. The molecule has 130 valence electrons. The third-order valence-corrected chi connectivity index (χ3v) is 4.74. The van der Waals surface area contributed by atoms with Gasteiger partial charge < -0.3 is 10.2 Å².